The van der Waals surface area contributed by atoms with Crippen LogP contribution in [-0.4, -0.2) is 28.7 Å². The minimum absolute atomic E-state index is 0.187. The third kappa shape index (κ3) is 3.50. The van der Waals surface area contributed by atoms with Crippen LogP contribution in [0.4, 0.5) is 0 Å². The Kier molecular flexibility index (Phi) is 4.71. The van der Waals surface area contributed by atoms with E-state index in [4.69, 9.17) is 4.74 Å². The van der Waals surface area contributed by atoms with Crippen LogP contribution < -0.4 is 0 Å². The first-order valence-electron chi connectivity index (χ1n) is 6.64. The summed E-state index contributed by atoms with van der Waals surface area (Å²) in [7, 11) is 0. The Balaban J connectivity index is 1.72. The third-order valence-electron chi connectivity index (χ3n) is 3.56. The molecule has 3 heteroatoms. The normalized spacial score (nSPS) is 31.7. The quantitative estimate of drug-likeness (QED) is 0.653. The van der Waals surface area contributed by atoms with E-state index in [2.05, 4.69) is 24.3 Å². The molecule has 1 saturated heterocycles. The van der Waals surface area contributed by atoms with Gasteiger partial charge in [-0.3, -0.25) is 0 Å². The van der Waals surface area contributed by atoms with Crippen molar-refractivity contribution in [2.45, 2.75) is 55.8 Å². The van der Waals surface area contributed by atoms with Gasteiger partial charge < -0.3 is 9.84 Å². The van der Waals surface area contributed by atoms with Crippen molar-refractivity contribution in [3.8, 4) is 0 Å². The standard InChI is InChI=1S/C15H22O2S/c1-12-11-14(16)15(2,17-12)9-6-10-18-13-7-4-3-5-8-13/h3-5,7-8,12,14,16H,6,9-11H2,1-2H3/t12-,14+,15+/m0/s1. The summed E-state index contributed by atoms with van der Waals surface area (Å²) in [5, 5.41) is 10.0. The summed E-state index contributed by atoms with van der Waals surface area (Å²) in [6, 6.07) is 10.4. The first kappa shape index (κ1) is 13.9. The van der Waals surface area contributed by atoms with Gasteiger partial charge in [-0.2, -0.15) is 0 Å². The Morgan fingerprint density at radius 2 is 2.11 bits per heavy atom. The first-order chi connectivity index (χ1) is 8.60. The highest BCUT2D eigenvalue weighted by Gasteiger charge is 2.41. The molecule has 0 aromatic heterocycles. The van der Waals surface area contributed by atoms with Gasteiger partial charge in [0.05, 0.1) is 17.8 Å². The van der Waals surface area contributed by atoms with E-state index in [9.17, 15) is 5.11 Å². The average molecular weight is 266 g/mol. The third-order valence-corrected chi connectivity index (χ3v) is 4.66. The van der Waals surface area contributed by atoms with Gasteiger partial charge in [0, 0.05) is 11.3 Å². The lowest BCUT2D eigenvalue weighted by Crippen LogP contribution is -2.35. The molecule has 1 aliphatic heterocycles. The number of aliphatic hydroxyl groups is 1. The molecule has 1 aromatic rings. The molecule has 2 nitrogen and oxygen atoms in total. The van der Waals surface area contributed by atoms with E-state index >= 15 is 0 Å². The van der Waals surface area contributed by atoms with Crippen molar-refractivity contribution < 1.29 is 9.84 Å². The Hall–Kier alpha value is -0.510. The predicted octanol–water partition coefficient (Wildman–Crippen LogP) is 3.49. The maximum Gasteiger partial charge on any atom is 0.0917 e. The number of thioether (sulfide) groups is 1. The molecule has 100 valence electrons. The molecule has 0 radical (unpaired) electrons. The molecule has 1 N–H and O–H groups in total. The van der Waals surface area contributed by atoms with Crippen molar-refractivity contribution in [1.82, 2.24) is 0 Å². The van der Waals surface area contributed by atoms with Gasteiger partial charge in [0.15, 0.2) is 0 Å². The lowest BCUT2D eigenvalue weighted by Gasteiger charge is -2.27. The smallest absolute Gasteiger partial charge is 0.0917 e. The number of aliphatic hydroxyl groups excluding tert-OH is 1. The first-order valence-corrected chi connectivity index (χ1v) is 7.62. The van der Waals surface area contributed by atoms with Crippen molar-refractivity contribution in [3.63, 3.8) is 0 Å². The summed E-state index contributed by atoms with van der Waals surface area (Å²) in [5.74, 6) is 1.07. The van der Waals surface area contributed by atoms with Gasteiger partial charge in [-0.05, 0) is 44.6 Å². The minimum Gasteiger partial charge on any atom is -0.390 e. The topological polar surface area (TPSA) is 29.5 Å². The van der Waals surface area contributed by atoms with Crippen molar-refractivity contribution >= 4 is 11.8 Å². The Bertz CT molecular complexity index is 368. The molecule has 1 fully saturated rings. The molecule has 0 saturated carbocycles. The monoisotopic (exact) mass is 266 g/mol. The lowest BCUT2D eigenvalue weighted by molar-refractivity contribution is -0.0703. The summed E-state index contributed by atoms with van der Waals surface area (Å²) in [5.41, 5.74) is -0.337. The molecule has 18 heavy (non-hydrogen) atoms. The van der Waals surface area contributed by atoms with Crippen molar-refractivity contribution in [3.05, 3.63) is 30.3 Å². The molecule has 0 bridgehead atoms. The van der Waals surface area contributed by atoms with Crippen LogP contribution in [0, 0.1) is 0 Å². The van der Waals surface area contributed by atoms with E-state index in [-0.39, 0.29) is 17.8 Å². The molecule has 1 aromatic carbocycles. The van der Waals surface area contributed by atoms with Gasteiger partial charge in [0.2, 0.25) is 0 Å². The van der Waals surface area contributed by atoms with Crippen LogP contribution in [0.3, 0.4) is 0 Å². The fourth-order valence-corrected chi connectivity index (χ4v) is 3.38. The van der Waals surface area contributed by atoms with Crippen LogP contribution >= 0.6 is 11.8 Å². The van der Waals surface area contributed by atoms with Crippen LogP contribution in [0.25, 0.3) is 0 Å². The average Bonchev–Trinajstić information content (AvgIpc) is 2.60. The van der Waals surface area contributed by atoms with Gasteiger partial charge in [0.1, 0.15) is 0 Å². The zero-order chi connectivity index (χ0) is 13.0. The van der Waals surface area contributed by atoms with Gasteiger partial charge in [0.25, 0.3) is 0 Å². The molecular weight excluding hydrogens is 244 g/mol. The van der Waals surface area contributed by atoms with E-state index in [0.29, 0.717) is 0 Å². The number of hydrogen-bond acceptors (Lipinski definition) is 3. The van der Waals surface area contributed by atoms with Gasteiger partial charge in [-0.1, -0.05) is 18.2 Å². The number of rotatable bonds is 5. The van der Waals surface area contributed by atoms with Crippen LogP contribution in [0.15, 0.2) is 35.2 Å². The molecule has 0 spiro atoms. The molecule has 0 amide bonds. The Morgan fingerprint density at radius 3 is 2.72 bits per heavy atom. The van der Waals surface area contributed by atoms with Crippen LogP contribution in [0.1, 0.15) is 33.1 Å². The highest BCUT2D eigenvalue weighted by molar-refractivity contribution is 7.99. The van der Waals surface area contributed by atoms with Crippen LogP contribution in [0.2, 0.25) is 0 Å². The number of hydrogen-bond donors (Lipinski definition) is 1. The fraction of sp³-hybridized carbons (Fsp3) is 0.600. The van der Waals surface area contributed by atoms with E-state index < -0.39 is 0 Å². The molecular formula is C15H22O2S. The van der Waals surface area contributed by atoms with Gasteiger partial charge in [-0.25, -0.2) is 0 Å². The summed E-state index contributed by atoms with van der Waals surface area (Å²) in [4.78, 5) is 1.31. The molecule has 1 heterocycles. The Morgan fingerprint density at radius 1 is 1.39 bits per heavy atom. The zero-order valence-electron chi connectivity index (χ0n) is 11.1. The molecule has 0 aliphatic carbocycles. The highest BCUT2D eigenvalue weighted by atomic mass is 32.2. The summed E-state index contributed by atoms with van der Waals surface area (Å²) >= 11 is 1.87. The summed E-state index contributed by atoms with van der Waals surface area (Å²) in [6.45, 7) is 4.07. The van der Waals surface area contributed by atoms with Crippen molar-refractivity contribution in [2.24, 2.45) is 0 Å². The van der Waals surface area contributed by atoms with Gasteiger partial charge in [-0.15, -0.1) is 11.8 Å². The molecule has 0 unspecified atom stereocenters. The van der Waals surface area contributed by atoms with Gasteiger partial charge >= 0.3 is 0 Å². The second-order valence-electron chi connectivity index (χ2n) is 5.26. The molecule has 3 atom stereocenters. The second kappa shape index (κ2) is 6.09. The SMILES string of the molecule is C[C@H]1C[C@@H](O)[C@@](C)(CCCSc2ccccc2)O1. The largest absolute Gasteiger partial charge is 0.390 e. The molecule has 1 aliphatic rings. The highest BCUT2D eigenvalue weighted by Crippen LogP contribution is 2.34. The van der Waals surface area contributed by atoms with Crippen LogP contribution in [-0.2, 0) is 4.74 Å². The van der Waals surface area contributed by atoms with E-state index in [1.165, 1.54) is 4.90 Å². The predicted molar refractivity (Wildman–Crippen MR) is 76.0 cm³/mol. The van der Waals surface area contributed by atoms with Crippen LogP contribution in [0.5, 0.6) is 0 Å². The van der Waals surface area contributed by atoms with Crippen molar-refractivity contribution in [1.29, 1.82) is 0 Å². The number of ether oxygens (including phenoxy) is 1. The zero-order valence-corrected chi connectivity index (χ0v) is 12.0. The lowest BCUT2D eigenvalue weighted by atomic mass is 9.94. The fourth-order valence-electron chi connectivity index (χ4n) is 2.51. The van der Waals surface area contributed by atoms with E-state index in [1.54, 1.807) is 0 Å². The molecule has 2 rings (SSSR count). The second-order valence-corrected chi connectivity index (χ2v) is 6.43. The van der Waals surface area contributed by atoms with Crippen molar-refractivity contribution in [2.75, 3.05) is 5.75 Å². The Labute approximate surface area is 114 Å². The summed E-state index contributed by atoms with van der Waals surface area (Å²) < 4.78 is 5.85. The summed E-state index contributed by atoms with van der Waals surface area (Å²) in [6.07, 6.45) is 2.64. The van der Waals surface area contributed by atoms with E-state index in [1.807, 2.05) is 31.7 Å². The number of benzene rings is 1. The maximum atomic E-state index is 10.0. The van der Waals surface area contributed by atoms with E-state index in [0.717, 1.165) is 25.0 Å². The maximum absolute atomic E-state index is 10.0. The minimum atomic E-state index is -0.337.